The largest absolute Gasteiger partial charge is 0.279 e. The number of hydrogen-bond acceptors (Lipinski definition) is 5. The van der Waals surface area contributed by atoms with Crippen molar-refractivity contribution in [1.29, 1.82) is 0 Å². The van der Waals surface area contributed by atoms with Crippen molar-refractivity contribution in [1.82, 2.24) is 8.75 Å². The lowest BCUT2D eigenvalue weighted by Gasteiger charge is -2.10. The molecular formula is C13H11N3O2S2. The van der Waals surface area contributed by atoms with Crippen LogP contribution in [0.2, 0.25) is 0 Å². The zero-order valence-electron chi connectivity index (χ0n) is 10.6. The smallest absolute Gasteiger partial charge is 0.264 e. The lowest BCUT2D eigenvalue weighted by Crippen LogP contribution is -2.14. The van der Waals surface area contributed by atoms with Gasteiger partial charge in [0.25, 0.3) is 10.0 Å². The Labute approximate surface area is 120 Å². The maximum atomic E-state index is 12.5. The minimum absolute atomic E-state index is 0.145. The van der Waals surface area contributed by atoms with E-state index in [-0.39, 0.29) is 4.90 Å². The summed E-state index contributed by atoms with van der Waals surface area (Å²) in [6.45, 7) is 1.85. The predicted molar refractivity (Wildman–Crippen MR) is 79.4 cm³/mol. The highest BCUT2D eigenvalue weighted by molar-refractivity contribution is 7.93. The maximum absolute atomic E-state index is 12.5. The van der Waals surface area contributed by atoms with Crippen molar-refractivity contribution in [3.63, 3.8) is 0 Å². The third-order valence-electron chi connectivity index (χ3n) is 2.93. The topological polar surface area (TPSA) is 72.0 Å². The van der Waals surface area contributed by atoms with Crippen LogP contribution in [0.25, 0.3) is 11.0 Å². The lowest BCUT2D eigenvalue weighted by molar-refractivity contribution is 0.602. The fourth-order valence-electron chi connectivity index (χ4n) is 1.89. The summed E-state index contributed by atoms with van der Waals surface area (Å²) in [7, 11) is -3.68. The number of rotatable bonds is 3. The van der Waals surface area contributed by atoms with Crippen molar-refractivity contribution in [2.75, 3.05) is 4.72 Å². The van der Waals surface area contributed by atoms with Crippen molar-refractivity contribution in [2.45, 2.75) is 11.8 Å². The van der Waals surface area contributed by atoms with Crippen LogP contribution in [0.4, 0.5) is 5.69 Å². The van der Waals surface area contributed by atoms with Gasteiger partial charge in [-0.2, -0.15) is 8.75 Å². The monoisotopic (exact) mass is 305 g/mol. The van der Waals surface area contributed by atoms with Crippen LogP contribution in [-0.4, -0.2) is 17.2 Å². The number of fused-ring (bicyclic) bond motifs is 1. The molecule has 1 N–H and O–H groups in total. The predicted octanol–water partition coefficient (Wildman–Crippen LogP) is 2.80. The van der Waals surface area contributed by atoms with Gasteiger partial charge >= 0.3 is 0 Å². The number of para-hydroxylation sites is 1. The molecule has 0 amide bonds. The molecule has 0 radical (unpaired) electrons. The van der Waals surface area contributed by atoms with Crippen molar-refractivity contribution in [3.05, 3.63) is 48.0 Å². The van der Waals surface area contributed by atoms with Crippen molar-refractivity contribution < 1.29 is 8.42 Å². The first-order valence-electron chi connectivity index (χ1n) is 5.88. The number of aryl methyl sites for hydroxylation is 1. The molecular weight excluding hydrogens is 294 g/mol. The van der Waals surface area contributed by atoms with Gasteiger partial charge in [-0.25, -0.2) is 8.42 Å². The number of sulfonamides is 1. The van der Waals surface area contributed by atoms with Crippen LogP contribution >= 0.6 is 11.7 Å². The van der Waals surface area contributed by atoms with Crippen LogP contribution in [0, 0.1) is 6.92 Å². The first-order chi connectivity index (χ1) is 9.58. The molecule has 1 aromatic heterocycles. The molecule has 0 unspecified atom stereocenters. The van der Waals surface area contributed by atoms with Crippen LogP contribution < -0.4 is 4.72 Å². The van der Waals surface area contributed by atoms with Gasteiger partial charge in [-0.15, -0.1) is 0 Å². The number of aromatic nitrogens is 2. The Balaban J connectivity index is 2.09. The highest BCUT2D eigenvalue weighted by Crippen LogP contribution is 2.24. The molecule has 3 aromatic rings. The number of hydrogen-bond donors (Lipinski definition) is 1. The summed E-state index contributed by atoms with van der Waals surface area (Å²) in [5.74, 6) is 0. The normalized spacial score (nSPS) is 11.7. The van der Waals surface area contributed by atoms with Gasteiger partial charge in [0.2, 0.25) is 0 Å². The minimum Gasteiger partial charge on any atom is -0.279 e. The third kappa shape index (κ3) is 2.25. The summed E-state index contributed by atoms with van der Waals surface area (Å²) >= 11 is 1.00. The van der Waals surface area contributed by atoms with E-state index in [0.717, 1.165) is 17.3 Å². The van der Waals surface area contributed by atoms with Gasteiger partial charge in [-0.05, 0) is 30.7 Å². The quantitative estimate of drug-likeness (QED) is 0.807. The van der Waals surface area contributed by atoms with E-state index in [4.69, 9.17) is 0 Å². The molecule has 7 heteroatoms. The second-order valence-corrected chi connectivity index (χ2v) is 6.49. The standard InChI is InChI=1S/C13H11N3O2S2/c1-9-5-2-3-6-10(9)16-20(17,18)12-8-4-7-11-13(12)15-19-14-11/h2-8,16H,1H3. The second-order valence-electron chi connectivity index (χ2n) is 4.31. The molecule has 0 atom stereocenters. The lowest BCUT2D eigenvalue weighted by atomic mass is 10.2. The summed E-state index contributed by atoms with van der Waals surface area (Å²) < 4.78 is 35.7. The Hall–Kier alpha value is -1.99. The van der Waals surface area contributed by atoms with Crippen LogP contribution in [0.15, 0.2) is 47.4 Å². The van der Waals surface area contributed by atoms with Crippen molar-refractivity contribution in [2.24, 2.45) is 0 Å². The van der Waals surface area contributed by atoms with Gasteiger partial charge in [-0.1, -0.05) is 24.3 Å². The van der Waals surface area contributed by atoms with Crippen molar-refractivity contribution >= 4 is 38.5 Å². The molecule has 0 aliphatic heterocycles. The van der Waals surface area contributed by atoms with E-state index >= 15 is 0 Å². The highest BCUT2D eigenvalue weighted by Gasteiger charge is 2.20. The fraction of sp³-hybridized carbons (Fsp3) is 0.0769. The molecule has 20 heavy (non-hydrogen) atoms. The summed E-state index contributed by atoms with van der Waals surface area (Å²) in [6.07, 6.45) is 0. The molecule has 0 saturated carbocycles. The number of nitrogens with one attached hydrogen (secondary N) is 1. The van der Waals surface area contributed by atoms with Crippen LogP contribution in [-0.2, 0) is 10.0 Å². The van der Waals surface area contributed by atoms with Gasteiger partial charge in [0.05, 0.1) is 17.4 Å². The van der Waals surface area contributed by atoms with Crippen molar-refractivity contribution in [3.8, 4) is 0 Å². The van der Waals surface area contributed by atoms with Gasteiger partial charge < -0.3 is 0 Å². The van der Waals surface area contributed by atoms with Gasteiger partial charge in [0.15, 0.2) is 0 Å². The highest BCUT2D eigenvalue weighted by atomic mass is 32.2. The molecule has 2 aromatic carbocycles. The van der Waals surface area contributed by atoms with Crippen LogP contribution in [0.1, 0.15) is 5.56 Å². The first-order valence-corrected chi connectivity index (χ1v) is 8.09. The Morgan fingerprint density at radius 3 is 2.65 bits per heavy atom. The molecule has 0 fully saturated rings. The number of benzene rings is 2. The molecule has 5 nitrogen and oxygen atoms in total. The molecule has 1 heterocycles. The molecule has 102 valence electrons. The van der Waals surface area contributed by atoms with E-state index in [1.54, 1.807) is 24.3 Å². The summed E-state index contributed by atoms with van der Waals surface area (Å²) in [6, 6.07) is 12.2. The van der Waals surface area contributed by atoms with E-state index in [0.29, 0.717) is 16.7 Å². The third-order valence-corrected chi connectivity index (χ3v) is 4.87. The average Bonchev–Trinajstić information content (AvgIpc) is 2.89. The van der Waals surface area contributed by atoms with Gasteiger partial charge in [0, 0.05) is 0 Å². The number of nitrogens with zero attached hydrogens (tertiary/aromatic N) is 2. The summed E-state index contributed by atoms with van der Waals surface area (Å²) in [5.41, 5.74) is 2.41. The second kappa shape index (κ2) is 4.84. The Bertz CT molecular complexity index is 872. The SMILES string of the molecule is Cc1ccccc1NS(=O)(=O)c1cccc2nsnc12. The van der Waals surface area contributed by atoms with E-state index < -0.39 is 10.0 Å². The summed E-state index contributed by atoms with van der Waals surface area (Å²) in [5, 5.41) is 0. The Kier molecular flexibility index (Phi) is 3.15. The number of anilines is 1. The molecule has 0 spiro atoms. The van der Waals surface area contributed by atoms with Gasteiger partial charge in [-0.3, -0.25) is 4.72 Å². The Morgan fingerprint density at radius 2 is 1.85 bits per heavy atom. The molecule has 3 rings (SSSR count). The van der Waals surface area contributed by atoms with Crippen LogP contribution in [0.5, 0.6) is 0 Å². The zero-order valence-corrected chi connectivity index (χ0v) is 12.2. The van der Waals surface area contributed by atoms with E-state index in [9.17, 15) is 8.42 Å². The van der Waals surface area contributed by atoms with Gasteiger partial charge in [0.1, 0.15) is 15.9 Å². The Morgan fingerprint density at radius 1 is 1.05 bits per heavy atom. The average molecular weight is 305 g/mol. The molecule has 0 aliphatic carbocycles. The molecule has 0 aliphatic rings. The zero-order chi connectivity index (χ0) is 14.2. The molecule has 0 bridgehead atoms. The van der Waals surface area contributed by atoms with Crippen LogP contribution in [0.3, 0.4) is 0 Å². The van der Waals surface area contributed by atoms with E-state index in [2.05, 4.69) is 13.5 Å². The summed E-state index contributed by atoms with van der Waals surface area (Å²) in [4.78, 5) is 0.145. The first kappa shape index (κ1) is 13.0. The maximum Gasteiger partial charge on any atom is 0.264 e. The minimum atomic E-state index is -3.68. The fourth-order valence-corrected chi connectivity index (χ4v) is 3.78. The molecule has 0 saturated heterocycles. The van der Waals surface area contributed by atoms with E-state index in [1.165, 1.54) is 6.07 Å². The van der Waals surface area contributed by atoms with E-state index in [1.807, 2.05) is 19.1 Å².